The third kappa shape index (κ3) is 3.38. The predicted octanol–water partition coefficient (Wildman–Crippen LogP) is 2.80. The van der Waals surface area contributed by atoms with Crippen LogP contribution >= 0.6 is 0 Å². The number of pyridine rings is 1. The van der Waals surface area contributed by atoms with E-state index in [1.807, 2.05) is 12.4 Å². The largest absolute Gasteiger partial charge is 0.384 e. The summed E-state index contributed by atoms with van der Waals surface area (Å²) < 4.78 is 0. The van der Waals surface area contributed by atoms with Gasteiger partial charge in [0.05, 0.1) is 23.8 Å². The van der Waals surface area contributed by atoms with Crippen molar-refractivity contribution in [3.63, 3.8) is 0 Å². The lowest BCUT2D eigenvalue weighted by Gasteiger charge is -2.47. The van der Waals surface area contributed by atoms with Gasteiger partial charge in [0.2, 0.25) is 0 Å². The van der Waals surface area contributed by atoms with Gasteiger partial charge in [-0.1, -0.05) is 6.92 Å². The molecule has 0 bridgehead atoms. The predicted molar refractivity (Wildman–Crippen MR) is 81.8 cm³/mol. The van der Waals surface area contributed by atoms with E-state index in [-0.39, 0.29) is 0 Å². The molecule has 0 unspecified atom stereocenters. The summed E-state index contributed by atoms with van der Waals surface area (Å²) in [7, 11) is 4.36. The fourth-order valence-corrected chi connectivity index (χ4v) is 2.54. The second-order valence-electron chi connectivity index (χ2n) is 5.71. The smallest absolute Gasteiger partial charge is 0.0548 e. The number of rotatable bonds is 7. The maximum atomic E-state index is 4.29. The summed E-state index contributed by atoms with van der Waals surface area (Å²) in [6.45, 7) is 4.16. The summed E-state index contributed by atoms with van der Waals surface area (Å²) in [5.74, 6) is 0. The number of hydrogen-bond acceptors (Lipinski definition) is 4. The van der Waals surface area contributed by atoms with Crippen molar-refractivity contribution in [1.29, 1.82) is 0 Å². The van der Waals surface area contributed by atoms with Gasteiger partial charge in [0.25, 0.3) is 0 Å². The molecule has 4 heteroatoms. The van der Waals surface area contributed by atoms with Crippen LogP contribution in [-0.2, 0) is 0 Å². The Kier molecular flexibility index (Phi) is 4.64. The Morgan fingerprint density at radius 2 is 1.89 bits per heavy atom. The highest BCUT2D eigenvalue weighted by atomic mass is 15.2. The molecule has 4 nitrogen and oxygen atoms in total. The van der Waals surface area contributed by atoms with Gasteiger partial charge < -0.3 is 15.5 Å². The van der Waals surface area contributed by atoms with Gasteiger partial charge in [0, 0.05) is 18.6 Å². The number of nitrogens with zero attached hydrogens (tertiary/aromatic N) is 2. The van der Waals surface area contributed by atoms with Crippen molar-refractivity contribution in [3.8, 4) is 0 Å². The second kappa shape index (κ2) is 6.24. The molecule has 0 atom stereocenters. The highest BCUT2D eigenvalue weighted by Crippen LogP contribution is 2.36. The van der Waals surface area contributed by atoms with Crippen molar-refractivity contribution in [3.05, 3.63) is 18.5 Å². The van der Waals surface area contributed by atoms with Gasteiger partial charge in [-0.3, -0.25) is 4.98 Å². The summed E-state index contributed by atoms with van der Waals surface area (Å²) in [6, 6.07) is 2.14. The Balaban J connectivity index is 1.92. The van der Waals surface area contributed by atoms with Gasteiger partial charge in [-0.2, -0.15) is 0 Å². The lowest BCUT2D eigenvalue weighted by molar-refractivity contribution is 0.0739. The number of likely N-dealkylation sites (N-methyl/N-ethyl adjacent to an activating group) is 1. The van der Waals surface area contributed by atoms with Crippen LogP contribution in [0.25, 0.3) is 0 Å². The van der Waals surface area contributed by atoms with Gasteiger partial charge in [-0.15, -0.1) is 0 Å². The van der Waals surface area contributed by atoms with Crippen LogP contribution in [0.15, 0.2) is 18.5 Å². The first kappa shape index (κ1) is 14.1. The van der Waals surface area contributed by atoms with Crippen LogP contribution in [0, 0.1) is 0 Å². The molecule has 0 aliphatic heterocycles. The van der Waals surface area contributed by atoms with E-state index in [4.69, 9.17) is 0 Å². The van der Waals surface area contributed by atoms with Gasteiger partial charge in [-0.25, -0.2) is 0 Å². The first-order chi connectivity index (χ1) is 9.16. The van der Waals surface area contributed by atoms with Crippen LogP contribution in [-0.4, -0.2) is 42.6 Å². The van der Waals surface area contributed by atoms with Crippen LogP contribution in [0.3, 0.4) is 0 Å². The quantitative estimate of drug-likeness (QED) is 0.793. The summed E-state index contributed by atoms with van der Waals surface area (Å²) in [4.78, 5) is 6.65. The van der Waals surface area contributed by atoms with Crippen molar-refractivity contribution in [2.45, 2.75) is 38.1 Å². The van der Waals surface area contributed by atoms with Gasteiger partial charge in [0.15, 0.2) is 0 Å². The van der Waals surface area contributed by atoms with Crippen molar-refractivity contribution >= 4 is 11.4 Å². The summed E-state index contributed by atoms with van der Waals surface area (Å²) in [5, 5.41) is 6.91. The molecule has 1 saturated carbocycles. The molecule has 1 aliphatic rings. The summed E-state index contributed by atoms with van der Waals surface area (Å²) >= 11 is 0. The van der Waals surface area contributed by atoms with E-state index < -0.39 is 0 Å². The molecular weight excluding hydrogens is 236 g/mol. The third-order valence-electron chi connectivity index (χ3n) is 4.17. The van der Waals surface area contributed by atoms with Crippen molar-refractivity contribution in [2.75, 3.05) is 37.8 Å². The van der Waals surface area contributed by atoms with Crippen LogP contribution in [0.2, 0.25) is 0 Å². The number of nitrogens with one attached hydrogen (secondary N) is 2. The van der Waals surface area contributed by atoms with Crippen LogP contribution in [0.5, 0.6) is 0 Å². The van der Waals surface area contributed by atoms with Crippen LogP contribution < -0.4 is 10.6 Å². The standard InChI is InChI=1S/C15H26N4/c1-4-8-17-13-9-14(11-16-10-13)18-12-15(19(2)3)6-5-7-15/h9-11,17-18H,4-8,12H2,1-3H3. The molecule has 0 radical (unpaired) electrons. The second-order valence-corrected chi connectivity index (χ2v) is 5.71. The van der Waals surface area contributed by atoms with E-state index in [9.17, 15) is 0 Å². The Labute approximate surface area is 116 Å². The fraction of sp³-hybridized carbons (Fsp3) is 0.667. The van der Waals surface area contributed by atoms with Gasteiger partial charge in [-0.05, 0) is 45.8 Å². The Morgan fingerprint density at radius 1 is 1.21 bits per heavy atom. The van der Waals surface area contributed by atoms with Crippen LogP contribution in [0.4, 0.5) is 11.4 Å². The zero-order valence-corrected chi connectivity index (χ0v) is 12.4. The molecule has 1 aromatic heterocycles. The molecule has 1 aromatic rings. The molecule has 0 aromatic carbocycles. The van der Waals surface area contributed by atoms with Gasteiger partial charge >= 0.3 is 0 Å². The zero-order chi connectivity index (χ0) is 13.7. The number of anilines is 2. The number of aromatic nitrogens is 1. The maximum absolute atomic E-state index is 4.29. The lowest BCUT2D eigenvalue weighted by Crippen LogP contribution is -2.54. The maximum Gasteiger partial charge on any atom is 0.0548 e. The van der Waals surface area contributed by atoms with Crippen molar-refractivity contribution < 1.29 is 0 Å². The first-order valence-corrected chi connectivity index (χ1v) is 7.26. The van der Waals surface area contributed by atoms with Crippen LogP contribution in [0.1, 0.15) is 32.6 Å². The molecule has 2 N–H and O–H groups in total. The van der Waals surface area contributed by atoms with E-state index in [1.54, 1.807) is 0 Å². The Bertz CT molecular complexity index is 399. The molecule has 0 saturated heterocycles. The molecule has 19 heavy (non-hydrogen) atoms. The molecule has 1 heterocycles. The molecule has 106 valence electrons. The molecule has 0 amide bonds. The molecular formula is C15H26N4. The van der Waals surface area contributed by atoms with Crippen molar-refractivity contribution in [2.24, 2.45) is 0 Å². The summed E-state index contributed by atoms with van der Waals surface area (Å²) in [5.41, 5.74) is 2.54. The minimum absolute atomic E-state index is 0.340. The van der Waals surface area contributed by atoms with E-state index in [0.717, 1.165) is 30.9 Å². The molecule has 2 rings (SSSR count). The average molecular weight is 262 g/mol. The topological polar surface area (TPSA) is 40.2 Å². The van der Waals surface area contributed by atoms with Gasteiger partial charge in [0.1, 0.15) is 0 Å². The SMILES string of the molecule is CCCNc1cncc(NCC2(N(C)C)CCC2)c1. The minimum Gasteiger partial charge on any atom is -0.384 e. The van der Waals surface area contributed by atoms with Crippen molar-refractivity contribution in [1.82, 2.24) is 9.88 Å². The monoisotopic (exact) mass is 262 g/mol. The third-order valence-corrected chi connectivity index (χ3v) is 4.17. The van der Waals surface area contributed by atoms with E-state index >= 15 is 0 Å². The lowest BCUT2D eigenvalue weighted by atomic mass is 9.75. The molecule has 1 aliphatic carbocycles. The normalized spacial score (nSPS) is 17.1. The molecule has 0 spiro atoms. The Morgan fingerprint density at radius 3 is 2.42 bits per heavy atom. The number of hydrogen-bond donors (Lipinski definition) is 2. The highest BCUT2D eigenvalue weighted by molar-refractivity contribution is 5.54. The summed E-state index contributed by atoms with van der Waals surface area (Å²) in [6.07, 6.45) is 8.82. The fourth-order valence-electron chi connectivity index (χ4n) is 2.54. The zero-order valence-electron chi connectivity index (χ0n) is 12.4. The van der Waals surface area contributed by atoms with E-state index in [1.165, 1.54) is 19.3 Å². The first-order valence-electron chi connectivity index (χ1n) is 7.26. The minimum atomic E-state index is 0.340. The Hall–Kier alpha value is -1.29. The average Bonchev–Trinajstić information content (AvgIpc) is 2.35. The van der Waals surface area contributed by atoms with E-state index in [0.29, 0.717) is 5.54 Å². The molecule has 1 fully saturated rings. The highest BCUT2D eigenvalue weighted by Gasteiger charge is 2.38. The van der Waals surface area contributed by atoms with E-state index in [2.05, 4.69) is 47.6 Å².